The van der Waals surface area contributed by atoms with Gasteiger partial charge in [-0.2, -0.15) is 0 Å². The van der Waals surface area contributed by atoms with E-state index in [1.54, 1.807) is 11.8 Å². The summed E-state index contributed by atoms with van der Waals surface area (Å²) in [6.07, 6.45) is 0.853. The van der Waals surface area contributed by atoms with Crippen molar-refractivity contribution in [3.8, 4) is 0 Å². The zero-order valence-corrected chi connectivity index (χ0v) is 14.2. The van der Waals surface area contributed by atoms with Crippen molar-refractivity contribution in [3.05, 3.63) is 34.3 Å². The van der Waals surface area contributed by atoms with Crippen LogP contribution in [0.4, 0.5) is 0 Å². The van der Waals surface area contributed by atoms with Gasteiger partial charge in [0.1, 0.15) is 12.1 Å². The number of rotatable bonds is 4. The van der Waals surface area contributed by atoms with Crippen LogP contribution < -0.4 is 5.32 Å². The summed E-state index contributed by atoms with van der Waals surface area (Å²) in [6.45, 7) is 6.24. The molecule has 1 fully saturated rings. The number of benzene rings is 1. The maximum atomic E-state index is 12.5. The number of hydrogen-bond acceptors (Lipinski definition) is 2. The molecular weight excluding hydrogens is 332 g/mol. The molecule has 1 aromatic carbocycles. The Morgan fingerprint density at radius 1 is 1.33 bits per heavy atom. The molecule has 1 aliphatic rings. The molecule has 1 N–H and O–H groups in total. The minimum absolute atomic E-state index is 0.0179. The van der Waals surface area contributed by atoms with Crippen molar-refractivity contribution in [1.29, 1.82) is 0 Å². The number of nitrogens with one attached hydrogen (secondary N) is 1. The lowest BCUT2D eigenvalue weighted by Crippen LogP contribution is -2.63. The van der Waals surface area contributed by atoms with Gasteiger partial charge in [-0.3, -0.25) is 9.59 Å². The molecule has 21 heavy (non-hydrogen) atoms. The summed E-state index contributed by atoms with van der Waals surface area (Å²) in [4.78, 5) is 26.6. The van der Waals surface area contributed by atoms with Gasteiger partial charge in [0.15, 0.2) is 0 Å². The SMILES string of the molecule is CCC(C)C1C(=O)NC(C)C(=O)N1Cc1ccccc1Br. The fourth-order valence-electron chi connectivity index (χ4n) is 2.66. The highest BCUT2D eigenvalue weighted by atomic mass is 79.9. The second-order valence-corrected chi connectivity index (χ2v) is 6.47. The quantitative estimate of drug-likeness (QED) is 0.905. The third-order valence-electron chi connectivity index (χ3n) is 4.10. The van der Waals surface area contributed by atoms with E-state index in [2.05, 4.69) is 21.2 Å². The van der Waals surface area contributed by atoms with Crippen LogP contribution in [0.3, 0.4) is 0 Å². The number of halogens is 1. The molecule has 5 heteroatoms. The summed E-state index contributed by atoms with van der Waals surface area (Å²) in [7, 11) is 0. The first-order valence-corrected chi connectivity index (χ1v) is 8.09. The first kappa shape index (κ1) is 16.0. The highest BCUT2D eigenvalue weighted by Crippen LogP contribution is 2.25. The zero-order chi connectivity index (χ0) is 15.6. The van der Waals surface area contributed by atoms with Crippen molar-refractivity contribution in [2.45, 2.75) is 45.8 Å². The van der Waals surface area contributed by atoms with Crippen LogP contribution in [0.15, 0.2) is 28.7 Å². The number of nitrogens with zero attached hydrogens (tertiary/aromatic N) is 1. The van der Waals surface area contributed by atoms with Crippen LogP contribution in [0.5, 0.6) is 0 Å². The smallest absolute Gasteiger partial charge is 0.245 e. The van der Waals surface area contributed by atoms with Crippen LogP contribution in [0.2, 0.25) is 0 Å². The van der Waals surface area contributed by atoms with E-state index in [1.807, 2.05) is 38.1 Å². The minimum Gasteiger partial charge on any atom is -0.343 e. The summed E-state index contributed by atoms with van der Waals surface area (Å²) in [5.41, 5.74) is 1.01. The van der Waals surface area contributed by atoms with Gasteiger partial charge in [0.05, 0.1) is 0 Å². The molecule has 0 aromatic heterocycles. The Morgan fingerprint density at radius 2 is 2.00 bits per heavy atom. The van der Waals surface area contributed by atoms with Crippen LogP contribution in [0.25, 0.3) is 0 Å². The van der Waals surface area contributed by atoms with E-state index in [9.17, 15) is 9.59 Å². The van der Waals surface area contributed by atoms with Gasteiger partial charge in [-0.1, -0.05) is 54.4 Å². The summed E-state index contributed by atoms with van der Waals surface area (Å²) in [6, 6.07) is 6.95. The van der Waals surface area contributed by atoms with Gasteiger partial charge in [-0.15, -0.1) is 0 Å². The van der Waals surface area contributed by atoms with Crippen LogP contribution in [0, 0.1) is 5.92 Å². The number of hydrogen-bond donors (Lipinski definition) is 1. The first-order valence-electron chi connectivity index (χ1n) is 7.30. The van der Waals surface area contributed by atoms with Gasteiger partial charge in [0, 0.05) is 11.0 Å². The molecule has 0 radical (unpaired) electrons. The number of amides is 2. The Morgan fingerprint density at radius 3 is 2.62 bits per heavy atom. The average Bonchev–Trinajstić information content (AvgIpc) is 2.46. The van der Waals surface area contributed by atoms with Crippen molar-refractivity contribution in [3.63, 3.8) is 0 Å². The van der Waals surface area contributed by atoms with E-state index in [4.69, 9.17) is 0 Å². The molecule has 1 saturated heterocycles. The van der Waals surface area contributed by atoms with Crippen molar-refractivity contribution in [2.24, 2.45) is 5.92 Å². The second kappa shape index (κ2) is 6.60. The fourth-order valence-corrected chi connectivity index (χ4v) is 3.07. The second-order valence-electron chi connectivity index (χ2n) is 5.62. The van der Waals surface area contributed by atoms with E-state index in [0.717, 1.165) is 16.5 Å². The third-order valence-corrected chi connectivity index (χ3v) is 4.87. The van der Waals surface area contributed by atoms with Gasteiger partial charge in [-0.25, -0.2) is 0 Å². The molecule has 3 unspecified atom stereocenters. The predicted molar refractivity (Wildman–Crippen MR) is 85.5 cm³/mol. The Bertz CT molecular complexity index is 547. The molecule has 0 aliphatic carbocycles. The van der Waals surface area contributed by atoms with Gasteiger partial charge in [-0.05, 0) is 24.5 Å². The number of carbonyl (C=O) groups is 2. The van der Waals surface area contributed by atoms with E-state index in [1.165, 1.54) is 0 Å². The van der Waals surface area contributed by atoms with Crippen LogP contribution >= 0.6 is 15.9 Å². The molecule has 114 valence electrons. The summed E-state index contributed by atoms with van der Waals surface area (Å²) in [5, 5.41) is 2.78. The molecule has 1 heterocycles. The molecular formula is C16H21BrN2O2. The highest BCUT2D eigenvalue weighted by Gasteiger charge is 2.40. The third kappa shape index (κ3) is 3.28. The van der Waals surface area contributed by atoms with Crippen molar-refractivity contribution < 1.29 is 9.59 Å². The first-order chi connectivity index (χ1) is 9.95. The maximum Gasteiger partial charge on any atom is 0.245 e. The van der Waals surface area contributed by atoms with E-state index in [-0.39, 0.29) is 17.7 Å². The van der Waals surface area contributed by atoms with Crippen LogP contribution in [0.1, 0.15) is 32.8 Å². The summed E-state index contributed by atoms with van der Waals surface area (Å²) >= 11 is 3.51. The molecule has 0 bridgehead atoms. The Kier molecular flexibility index (Phi) is 5.04. The number of carbonyl (C=O) groups excluding carboxylic acids is 2. The van der Waals surface area contributed by atoms with Crippen molar-refractivity contribution >= 4 is 27.7 Å². The predicted octanol–water partition coefficient (Wildman–Crippen LogP) is 2.71. The zero-order valence-electron chi connectivity index (χ0n) is 12.6. The minimum atomic E-state index is -0.458. The Labute approximate surface area is 134 Å². The summed E-state index contributed by atoms with van der Waals surface area (Å²) in [5.74, 6) is 0.0584. The molecule has 2 rings (SSSR count). The standard InChI is InChI=1S/C16H21BrN2O2/c1-4-10(2)14-15(20)18-11(3)16(21)19(14)9-12-7-5-6-8-13(12)17/h5-8,10-11,14H,4,9H2,1-3H3,(H,18,20). The van der Waals surface area contributed by atoms with Crippen LogP contribution in [-0.4, -0.2) is 28.8 Å². The summed E-state index contributed by atoms with van der Waals surface area (Å²) < 4.78 is 0.958. The largest absolute Gasteiger partial charge is 0.343 e. The van der Waals surface area contributed by atoms with E-state index < -0.39 is 12.1 Å². The Balaban J connectivity index is 2.32. The Hall–Kier alpha value is -1.36. The lowest BCUT2D eigenvalue weighted by atomic mass is 9.93. The van der Waals surface area contributed by atoms with Crippen LogP contribution in [-0.2, 0) is 16.1 Å². The van der Waals surface area contributed by atoms with E-state index in [0.29, 0.717) is 6.54 Å². The molecule has 0 saturated carbocycles. The molecule has 1 aliphatic heterocycles. The highest BCUT2D eigenvalue weighted by molar-refractivity contribution is 9.10. The fraction of sp³-hybridized carbons (Fsp3) is 0.500. The molecule has 3 atom stereocenters. The molecule has 2 amide bonds. The average molecular weight is 353 g/mol. The molecule has 0 spiro atoms. The van der Waals surface area contributed by atoms with Gasteiger partial charge in [0.25, 0.3) is 0 Å². The molecule has 4 nitrogen and oxygen atoms in total. The van der Waals surface area contributed by atoms with Crippen molar-refractivity contribution in [2.75, 3.05) is 0 Å². The lowest BCUT2D eigenvalue weighted by Gasteiger charge is -2.40. The van der Waals surface area contributed by atoms with Crippen molar-refractivity contribution in [1.82, 2.24) is 10.2 Å². The topological polar surface area (TPSA) is 49.4 Å². The molecule has 1 aromatic rings. The van der Waals surface area contributed by atoms with Gasteiger partial charge in [0.2, 0.25) is 11.8 Å². The maximum absolute atomic E-state index is 12.5. The number of piperazine rings is 1. The lowest BCUT2D eigenvalue weighted by molar-refractivity contribution is -0.151. The normalized spacial score (nSPS) is 23.9. The monoisotopic (exact) mass is 352 g/mol. The van der Waals surface area contributed by atoms with E-state index >= 15 is 0 Å². The van der Waals surface area contributed by atoms with Gasteiger partial charge < -0.3 is 10.2 Å². The van der Waals surface area contributed by atoms with Gasteiger partial charge >= 0.3 is 0 Å².